The highest BCUT2D eigenvalue weighted by Crippen LogP contribution is 2.44. The zero-order chi connectivity index (χ0) is 20.1. The molecule has 0 amide bonds. The Hall–Kier alpha value is -1.78. The maximum Gasteiger partial charge on any atom is 0.425 e. The van der Waals surface area contributed by atoms with Gasteiger partial charge in [0.1, 0.15) is 5.75 Å². The molecule has 0 atom stereocenters. The largest absolute Gasteiger partial charge is 0.429 e. The van der Waals surface area contributed by atoms with Gasteiger partial charge in [-0.25, -0.2) is 0 Å². The third kappa shape index (κ3) is 5.62. The monoisotopic (exact) mass is 396 g/mol. The number of allylic oxidation sites excluding steroid dienone is 1. The number of alkyl halides is 2. The zero-order valence-corrected chi connectivity index (χ0v) is 16.1. The van der Waals surface area contributed by atoms with E-state index in [1.807, 2.05) is 0 Å². The molecule has 1 nitrogen and oxygen atoms in total. The van der Waals surface area contributed by atoms with Crippen molar-refractivity contribution in [2.24, 2.45) is 17.8 Å². The lowest BCUT2D eigenvalue weighted by Gasteiger charge is -2.37. The predicted octanol–water partition coefficient (Wildman–Crippen LogP) is 7.70. The second kappa shape index (κ2) is 9.15. The van der Waals surface area contributed by atoms with Crippen LogP contribution in [0.15, 0.2) is 49.1 Å². The average Bonchev–Trinajstić information content (AvgIpc) is 2.67. The van der Waals surface area contributed by atoms with E-state index < -0.39 is 18.3 Å². The molecule has 0 radical (unpaired) electrons. The Morgan fingerprint density at radius 2 is 1.43 bits per heavy atom. The Kier molecular flexibility index (Phi) is 6.84. The maximum absolute atomic E-state index is 13.3. The van der Waals surface area contributed by atoms with Crippen LogP contribution in [0.5, 0.6) is 5.75 Å². The van der Waals surface area contributed by atoms with E-state index in [9.17, 15) is 17.6 Å². The van der Waals surface area contributed by atoms with Gasteiger partial charge in [-0.1, -0.05) is 18.2 Å². The molecule has 2 fully saturated rings. The van der Waals surface area contributed by atoms with E-state index in [-0.39, 0.29) is 5.75 Å². The van der Waals surface area contributed by atoms with Crippen molar-refractivity contribution in [3.63, 3.8) is 0 Å². The summed E-state index contributed by atoms with van der Waals surface area (Å²) in [6.07, 6.45) is 4.93. The van der Waals surface area contributed by atoms with Crippen molar-refractivity contribution >= 4 is 0 Å². The van der Waals surface area contributed by atoms with E-state index in [0.29, 0.717) is 11.8 Å². The van der Waals surface area contributed by atoms with E-state index in [2.05, 4.69) is 17.4 Å². The lowest BCUT2D eigenvalue weighted by atomic mass is 9.68. The highest BCUT2D eigenvalue weighted by molar-refractivity contribution is 5.30. The fraction of sp³-hybridized carbons (Fsp3) is 0.565. The predicted molar refractivity (Wildman–Crippen MR) is 103 cm³/mol. The molecule has 0 spiro atoms. The van der Waals surface area contributed by atoms with Crippen LogP contribution in [0.2, 0.25) is 0 Å². The van der Waals surface area contributed by atoms with E-state index in [1.54, 1.807) is 12.1 Å². The first-order valence-electron chi connectivity index (χ1n) is 10.2. The molecule has 3 rings (SSSR count). The van der Waals surface area contributed by atoms with Crippen LogP contribution in [0.4, 0.5) is 17.6 Å². The summed E-state index contributed by atoms with van der Waals surface area (Å²) in [4.78, 5) is 0. The molecule has 0 aliphatic heterocycles. The quantitative estimate of drug-likeness (QED) is 0.353. The van der Waals surface area contributed by atoms with Crippen LogP contribution >= 0.6 is 0 Å². The first-order chi connectivity index (χ1) is 13.4. The Morgan fingerprint density at radius 3 is 1.93 bits per heavy atom. The molecule has 0 unspecified atom stereocenters. The summed E-state index contributed by atoms with van der Waals surface area (Å²) < 4.78 is 55.0. The summed E-state index contributed by atoms with van der Waals surface area (Å²) in [7, 11) is 0. The third-order valence-corrected chi connectivity index (χ3v) is 6.47. The molecule has 2 saturated carbocycles. The lowest BCUT2D eigenvalue weighted by molar-refractivity contribution is -0.133. The molecular weight excluding hydrogens is 368 g/mol. The number of rotatable bonds is 6. The van der Waals surface area contributed by atoms with Gasteiger partial charge in [0.15, 0.2) is 0 Å². The van der Waals surface area contributed by atoms with Crippen LogP contribution in [0.25, 0.3) is 0 Å². The molecule has 0 bridgehead atoms. The topological polar surface area (TPSA) is 9.23 Å². The number of ether oxygens (including phenoxy) is 1. The molecule has 0 saturated heterocycles. The minimum atomic E-state index is -4.01. The van der Waals surface area contributed by atoms with Crippen molar-refractivity contribution in [1.29, 1.82) is 0 Å². The molecule has 0 heterocycles. The second-order valence-corrected chi connectivity index (χ2v) is 8.19. The van der Waals surface area contributed by atoms with E-state index in [1.165, 1.54) is 50.7 Å². The van der Waals surface area contributed by atoms with Gasteiger partial charge < -0.3 is 4.74 Å². The van der Waals surface area contributed by atoms with Crippen LogP contribution in [-0.2, 0) is 0 Å². The summed E-state index contributed by atoms with van der Waals surface area (Å²) in [5, 5.41) is 0. The van der Waals surface area contributed by atoms with E-state index in [0.717, 1.165) is 30.2 Å². The van der Waals surface area contributed by atoms with Crippen molar-refractivity contribution in [2.45, 2.75) is 63.4 Å². The Morgan fingerprint density at radius 1 is 0.893 bits per heavy atom. The van der Waals surface area contributed by atoms with Crippen LogP contribution in [0, 0.1) is 17.8 Å². The van der Waals surface area contributed by atoms with Gasteiger partial charge >= 0.3 is 6.11 Å². The summed E-state index contributed by atoms with van der Waals surface area (Å²) in [5.74, 6) is 2.64. The zero-order valence-electron chi connectivity index (χ0n) is 16.1. The second-order valence-electron chi connectivity index (χ2n) is 8.19. The van der Waals surface area contributed by atoms with Gasteiger partial charge in [-0.05, 0) is 92.7 Å². The van der Waals surface area contributed by atoms with Crippen molar-refractivity contribution in [2.75, 3.05) is 0 Å². The Bertz CT molecular complexity index is 662. The van der Waals surface area contributed by atoms with Crippen LogP contribution in [0.1, 0.15) is 62.8 Å². The molecular formula is C23H28F4O. The smallest absolute Gasteiger partial charge is 0.425 e. The molecule has 0 N–H and O–H groups in total. The molecule has 1 aromatic rings. The number of hydrogen-bond donors (Lipinski definition) is 0. The molecule has 5 heteroatoms. The minimum Gasteiger partial charge on any atom is -0.429 e. The van der Waals surface area contributed by atoms with Gasteiger partial charge in [-0.2, -0.15) is 17.6 Å². The van der Waals surface area contributed by atoms with Crippen LogP contribution in [-0.4, -0.2) is 6.11 Å². The summed E-state index contributed by atoms with van der Waals surface area (Å²) in [6.45, 7) is 3.92. The van der Waals surface area contributed by atoms with Gasteiger partial charge in [0.2, 0.25) is 0 Å². The molecule has 2 aliphatic rings. The maximum atomic E-state index is 13.3. The summed E-state index contributed by atoms with van der Waals surface area (Å²) in [6, 6.07) is 6.44. The number of hydrogen-bond acceptors (Lipinski definition) is 1. The first kappa shape index (κ1) is 20.9. The Balaban J connectivity index is 1.51. The molecule has 1 aromatic carbocycles. The van der Waals surface area contributed by atoms with Gasteiger partial charge in [0, 0.05) is 0 Å². The lowest BCUT2D eigenvalue weighted by Crippen LogP contribution is -2.25. The molecule has 154 valence electrons. The summed E-state index contributed by atoms with van der Waals surface area (Å²) in [5.41, 5.74) is 1.11. The normalized spacial score (nSPS) is 28.4. The third-order valence-electron chi connectivity index (χ3n) is 6.47. The molecule has 28 heavy (non-hydrogen) atoms. The number of benzene rings is 1. The van der Waals surface area contributed by atoms with Crippen molar-refractivity contribution in [3.8, 4) is 5.75 Å². The average molecular weight is 396 g/mol. The fourth-order valence-corrected chi connectivity index (χ4v) is 4.90. The van der Waals surface area contributed by atoms with Crippen molar-refractivity contribution < 1.29 is 22.3 Å². The van der Waals surface area contributed by atoms with Crippen LogP contribution < -0.4 is 4.74 Å². The standard InChI is InChI=1S/C23H28F4O/c1-2-16-3-5-17(6-4-16)18-7-9-19(10-8-18)20-11-13-21(14-12-20)28-23(26,27)15-22(24)25/h2,11-19H,1,3-10H2. The van der Waals surface area contributed by atoms with Gasteiger partial charge in [0.05, 0.1) is 6.08 Å². The highest BCUT2D eigenvalue weighted by atomic mass is 19.3. The van der Waals surface area contributed by atoms with E-state index >= 15 is 0 Å². The number of halogens is 4. The molecule has 0 aromatic heterocycles. The molecule has 2 aliphatic carbocycles. The fourth-order valence-electron chi connectivity index (χ4n) is 4.90. The van der Waals surface area contributed by atoms with Crippen LogP contribution in [0.3, 0.4) is 0 Å². The van der Waals surface area contributed by atoms with Gasteiger partial charge in [-0.3, -0.25) is 0 Å². The SMILES string of the molecule is C=CC1CCC(C2CCC(c3ccc(OC(F)(F)C=C(F)F)cc3)CC2)CC1. The van der Waals surface area contributed by atoms with Gasteiger partial charge in [-0.15, -0.1) is 6.58 Å². The minimum absolute atomic E-state index is 0.112. The first-order valence-corrected chi connectivity index (χ1v) is 10.2. The summed E-state index contributed by atoms with van der Waals surface area (Å²) >= 11 is 0. The van der Waals surface area contributed by atoms with Crippen molar-refractivity contribution in [3.05, 3.63) is 54.6 Å². The Labute approximate surface area is 164 Å². The van der Waals surface area contributed by atoms with Crippen molar-refractivity contribution in [1.82, 2.24) is 0 Å². The van der Waals surface area contributed by atoms with Gasteiger partial charge in [0.25, 0.3) is 6.08 Å². The van der Waals surface area contributed by atoms with E-state index in [4.69, 9.17) is 0 Å². The highest BCUT2D eigenvalue weighted by Gasteiger charge is 2.32.